The van der Waals surface area contributed by atoms with Crippen LogP contribution in [0.1, 0.15) is 24.0 Å². The fourth-order valence-corrected chi connectivity index (χ4v) is 2.14. The van der Waals surface area contributed by atoms with Gasteiger partial charge in [-0.25, -0.2) is 0 Å². The van der Waals surface area contributed by atoms with E-state index in [2.05, 4.69) is 10.6 Å². The maximum atomic E-state index is 11.9. The average Bonchev–Trinajstić information content (AvgIpc) is 2.61. The van der Waals surface area contributed by atoms with E-state index in [0.717, 1.165) is 0 Å². The quantitative estimate of drug-likeness (QED) is 0.297. The molecule has 2 aromatic rings. The molecule has 0 bridgehead atoms. The fourth-order valence-electron chi connectivity index (χ4n) is 2.14. The molecule has 8 N–H and O–H groups in total. The summed E-state index contributed by atoms with van der Waals surface area (Å²) < 4.78 is 0. The number of amides is 2. The molecule has 0 aliphatic heterocycles. The summed E-state index contributed by atoms with van der Waals surface area (Å²) in [7, 11) is 0. The third-order valence-corrected chi connectivity index (χ3v) is 3.54. The van der Waals surface area contributed by atoms with E-state index in [4.69, 9.17) is 22.3 Å². The molecule has 0 aliphatic rings. The number of hydrogen-bond donors (Lipinski definition) is 6. The number of hydrogen-bond acceptors (Lipinski definition) is 4. The number of nitrogen functional groups attached to an aromatic ring is 2. The summed E-state index contributed by atoms with van der Waals surface area (Å²) in [4.78, 5) is 23.8. The molecule has 2 aromatic carbocycles. The van der Waals surface area contributed by atoms with Crippen LogP contribution >= 0.6 is 24.8 Å². The predicted molar refractivity (Wildman–Crippen MR) is 116 cm³/mol. The van der Waals surface area contributed by atoms with Gasteiger partial charge in [0.2, 0.25) is 11.8 Å². The number of nitrogens with two attached hydrogens (primary N) is 2. The molecule has 8 nitrogen and oxygen atoms in total. The maximum absolute atomic E-state index is 11.9. The number of anilines is 2. The number of carbonyl (C=O) groups is 2. The summed E-state index contributed by atoms with van der Waals surface area (Å²) in [5, 5.41) is 20.0. The first kappa shape index (κ1) is 24.9. The zero-order chi connectivity index (χ0) is 19.1. The molecule has 0 heterocycles. The van der Waals surface area contributed by atoms with Gasteiger partial charge in [-0.2, -0.15) is 0 Å². The molecule has 10 heteroatoms. The molecular formula is C18H22Cl2N6O2. The molecule has 0 atom stereocenters. The molecule has 0 aliphatic carbocycles. The summed E-state index contributed by atoms with van der Waals surface area (Å²) in [6, 6.07) is 13.1. The summed E-state index contributed by atoms with van der Waals surface area (Å²) in [6.07, 6.45) is 0.0671. The third kappa shape index (κ3) is 7.65. The molecule has 0 unspecified atom stereocenters. The van der Waals surface area contributed by atoms with Gasteiger partial charge in [-0.3, -0.25) is 20.4 Å². The zero-order valence-electron chi connectivity index (χ0n) is 14.8. The van der Waals surface area contributed by atoms with E-state index in [1.165, 1.54) is 0 Å². The Balaban J connectivity index is 0.00000364. The van der Waals surface area contributed by atoms with Gasteiger partial charge in [0.25, 0.3) is 0 Å². The summed E-state index contributed by atoms with van der Waals surface area (Å²) in [6.45, 7) is 0. The Morgan fingerprint density at radius 1 is 0.679 bits per heavy atom. The third-order valence-electron chi connectivity index (χ3n) is 3.54. The molecule has 28 heavy (non-hydrogen) atoms. The molecule has 0 saturated heterocycles. The van der Waals surface area contributed by atoms with Crippen molar-refractivity contribution < 1.29 is 9.59 Å². The molecule has 2 rings (SSSR count). The van der Waals surface area contributed by atoms with Crippen molar-refractivity contribution in [2.24, 2.45) is 11.5 Å². The van der Waals surface area contributed by atoms with Crippen LogP contribution in [0.5, 0.6) is 0 Å². The Morgan fingerprint density at radius 3 is 1.21 bits per heavy atom. The smallest absolute Gasteiger partial charge is 0.224 e. The number of benzene rings is 2. The number of rotatable bonds is 7. The van der Waals surface area contributed by atoms with Crippen molar-refractivity contribution in [1.29, 1.82) is 10.8 Å². The molecule has 0 fully saturated rings. The van der Waals surface area contributed by atoms with Gasteiger partial charge in [0.1, 0.15) is 11.7 Å². The summed E-state index contributed by atoms with van der Waals surface area (Å²) >= 11 is 0. The Hall–Kier alpha value is -3.10. The minimum Gasteiger partial charge on any atom is -0.384 e. The van der Waals surface area contributed by atoms with E-state index in [1.807, 2.05) is 0 Å². The van der Waals surface area contributed by atoms with Crippen LogP contribution < -0.4 is 22.1 Å². The Kier molecular flexibility index (Phi) is 10.3. The highest BCUT2D eigenvalue weighted by molar-refractivity contribution is 5.99. The highest BCUT2D eigenvalue weighted by Gasteiger charge is 2.08. The minimum atomic E-state index is -0.289. The fraction of sp³-hybridized carbons (Fsp3) is 0.111. The second kappa shape index (κ2) is 11.6. The van der Waals surface area contributed by atoms with Crippen LogP contribution in [0.3, 0.4) is 0 Å². The first-order valence-electron chi connectivity index (χ1n) is 7.84. The summed E-state index contributed by atoms with van der Waals surface area (Å²) in [5.41, 5.74) is 13.0. The molecule has 0 saturated carbocycles. The van der Waals surface area contributed by atoms with Gasteiger partial charge in [0.15, 0.2) is 0 Å². The average molecular weight is 425 g/mol. The Morgan fingerprint density at radius 2 is 0.964 bits per heavy atom. The maximum Gasteiger partial charge on any atom is 0.224 e. The first-order chi connectivity index (χ1) is 12.3. The van der Waals surface area contributed by atoms with Crippen LogP contribution in [-0.4, -0.2) is 23.5 Å². The van der Waals surface area contributed by atoms with Crippen molar-refractivity contribution in [3.8, 4) is 0 Å². The molecule has 150 valence electrons. The number of carbonyl (C=O) groups excluding carboxylic acids is 2. The molecule has 0 aromatic heterocycles. The number of halogens is 2. The molecule has 0 radical (unpaired) electrons. The minimum absolute atomic E-state index is 0. The van der Waals surface area contributed by atoms with Gasteiger partial charge < -0.3 is 22.1 Å². The Bertz CT molecular complexity index is 767. The highest BCUT2D eigenvalue weighted by atomic mass is 35.5. The monoisotopic (exact) mass is 424 g/mol. The molecule has 2 amide bonds. The standard InChI is InChI=1S/C18H20N6O2.2ClH/c19-17(20)11-1-5-13(6-2-11)23-15(25)9-10-16(26)24-14-7-3-12(4-8-14)18(21)22;;/h1-8H,9-10H2,(H3,19,20)(H3,21,22)(H,23,25)(H,24,26);2*1H. The van der Waals surface area contributed by atoms with E-state index in [9.17, 15) is 9.59 Å². The van der Waals surface area contributed by atoms with Gasteiger partial charge in [0, 0.05) is 35.3 Å². The largest absolute Gasteiger partial charge is 0.384 e. The lowest BCUT2D eigenvalue weighted by Crippen LogP contribution is -2.17. The number of amidine groups is 2. The van der Waals surface area contributed by atoms with Crippen LogP contribution in [0.2, 0.25) is 0 Å². The lowest BCUT2D eigenvalue weighted by Gasteiger charge is -2.08. The van der Waals surface area contributed by atoms with Gasteiger partial charge in [-0.15, -0.1) is 24.8 Å². The molecule has 0 spiro atoms. The SMILES string of the molecule is Cl.Cl.N=C(N)c1ccc(NC(=O)CCC(=O)Nc2ccc(C(=N)N)cc2)cc1. The number of nitrogens with one attached hydrogen (secondary N) is 4. The predicted octanol–water partition coefficient (Wildman–Crippen LogP) is 2.46. The van der Waals surface area contributed by atoms with Crippen molar-refractivity contribution in [2.75, 3.05) is 10.6 Å². The lowest BCUT2D eigenvalue weighted by molar-refractivity contribution is -0.121. The van der Waals surface area contributed by atoms with E-state index in [0.29, 0.717) is 22.5 Å². The van der Waals surface area contributed by atoms with Crippen LogP contribution in [0.25, 0.3) is 0 Å². The van der Waals surface area contributed by atoms with Gasteiger partial charge >= 0.3 is 0 Å². The van der Waals surface area contributed by atoms with E-state index in [-0.39, 0.29) is 61.1 Å². The normalized spacial score (nSPS) is 9.29. The van der Waals surface area contributed by atoms with Crippen molar-refractivity contribution in [1.82, 2.24) is 0 Å². The van der Waals surface area contributed by atoms with Crippen LogP contribution in [0.4, 0.5) is 11.4 Å². The zero-order valence-corrected chi connectivity index (χ0v) is 16.5. The van der Waals surface area contributed by atoms with Gasteiger partial charge in [-0.05, 0) is 48.5 Å². The van der Waals surface area contributed by atoms with Crippen molar-refractivity contribution >= 4 is 59.7 Å². The van der Waals surface area contributed by atoms with Crippen LogP contribution in [-0.2, 0) is 9.59 Å². The Labute approximate surface area is 174 Å². The first-order valence-corrected chi connectivity index (χ1v) is 7.84. The van der Waals surface area contributed by atoms with E-state index < -0.39 is 0 Å². The topological polar surface area (TPSA) is 158 Å². The van der Waals surface area contributed by atoms with Crippen LogP contribution in [0, 0.1) is 10.8 Å². The van der Waals surface area contributed by atoms with E-state index in [1.54, 1.807) is 48.5 Å². The van der Waals surface area contributed by atoms with E-state index >= 15 is 0 Å². The van der Waals surface area contributed by atoms with Gasteiger partial charge in [0.05, 0.1) is 0 Å². The van der Waals surface area contributed by atoms with Crippen molar-refractivity contribution in [3.05, 3.63) is 59.7 Å². The van der Waals surface area contributed by atoms with Gasteiger partial charge in [-0.1, -0.05) is 0 Å². The summed E-state index contributed by atoms with van der Waals surface area (Å²) in [5.74, 6) is -0.669. The highest BCUT2D eigenvalue weighted by Crippen LogP contribution is 2.12. The van der Waals surface area contributed by atoms with Crippen molar-refractivity contribution in [2.45, 2.75) is 12.8 Å². The second-order valence-corrected chi connectivity index (χ2v) is 5.58. The lowest BCUT2D eigenvalue weighted by atomic mass is 10.2. The second-order valence-electron chi connectivity index (χ2n) is 5.58. The molecular weight excluding hydrogens is 403 g/mol. The van der Waals surface area contributed by atoms with Crippen LogP contribution in [0.15, 0.2) is 48.5 Å². The van der Waals surface area contributed by atoms with Crippen molar-refractivity contribution in [3.63, 3.8) is 0 Å².